The molecule has 5 heteroatoms. The summed E-state index contributed by atoms with van der Waals surface area (Å²) in [5.41, 5.74) is 30.2. The number of anilines is 3. The van der Waals surface area contributed by atoms with Crippen molar-refractivity contribution in [2.45, 2.75) is 88.3 Å². The van der Waals surface area contributed by atoms with Crippen molar-refractivity contribution in [2.24, 2.45) is 0 Å². The summed E-state index contributed by atoms with van der Waals surface area (Å²) >= 11 is 1.93. The molecule has 15 aromatic rings. The van der Waals surface area contributed by atoms with E-state index in [1.54, 1.807) is 0 Å². The fourth-order valence-electron chi connectivity index (χ4n) is 15.2. The van der Waals surface area contributed by atoms with Gasteiger partial charge in [-0.25, -0.2) is 0 Å². The maximum Gasteiger partial charge on any atom is 0.249 e. The maximum absolute atomic E-state index is 6.87. The van der Waals surface area contributed by atoms with Crippen LogP contribution < -0.4 is 21.3 Å². The summed E-state index contributed by atoms with van der Waals surface area (Å²) < 4.78 is 9.33. The van der Waals surface area contributed by atoms with Gasteiger partial charge in [0.1, 0.15) is 11.2 Å². The molecule has 2 aliphatic rings. The van der Waals surface area contributed by atoms with Gasteiger partial charge in [0.2, 0.25) is 6.71 Å². The Morgan fingerprint density at radius 1 is 0.326 bits per heavy atom. The van der Waals surface area contributed by atoms with Gasteiger partial charge in [0.25, 0.3) is 0 Å². The van der Waals surface area contributed by atoms with Crippen molar-refractivity contribution < 1.29 is 4.42 Å². The number of benzene rings is 13. The number of nitrogens with zero attached hydrogens (tertiary/aromatic N) is 2. The van der Waals surface area contributed by atoms with Crippen LogP contribution in [-0.2, 0) is 16.2 Å². The van der Waals surface area contributed by atoms with Gasteiger partial charge in [-0.2, -0.15) is 0 Å². The Morgan fingerprint density at radius 3 is 1.51 bits per heavy atom. The van der Waals surface area contributed by atoms with Gasteiger partial charge in [-0.1, -0.05) is 268 Å². The minimum Gasteiger partial charge on any atom is -0.456 e. The van der Waals surface area contributed by atoms with Crippen LogP contribution in [0.15, 0.2) is 293 Å². The first-order valence-electron chi connectivity index (χ1n) is 33.5. The highest BCUT2D eigenvalue weighted by molar-refractivity contribution is 8.00. The molecule has 2 aromatic heterocycles. The topological polar surface area (TPSA) is 21.3 Å². The maximum atomic E-state index is 6.87. The van der Waals surface area contributed by atoms with E-state index in [2.05, 4.69) is 351 Å². The molecular weight excluding hydrogens is 1170 g/mol. The van der Waals surface area contributed by atoms with Crippen molar-refractivity contribution in [3.63, 3.8) is 0 Å². The Morgan fingerprint density at radius 2 is 0.842 bits per heavy atom. The van der Waals surface area contributed by atoms with Gasteiger partial charge in [0.15, 0.2) is 0 Å². The lowest BCUT2D eigenvalue weighted by Gasteiger charge is -2.42. The minimum absolute atomic E-state index is 0.0933. The molecule has 0 saturated carbocycles. The fourth-order valence-corrected chi connectivity index (χ4v) is 16.3. The van der Waals surface area contributed by atoms with E-state index >= 15 is 0 Å². The molecule has 0 spiro atoms. The minimum atomic E-state index is -0.256. The van der Waals surface area contributed by atoms with Gasteiger partial charge in [-0.3, -0.25) is 0 Å². The lowest BCUT2D eigenvalue weighted by Crippen LogP contribution is -2.59. The molecule has 17 rings (SSSR count). The van der Waals surface area contributed by atoms with E-state index in [0.717, 1.165) is 61.2 Å². The molecule has 0 unspecified atom stereocenters. The van der Waals surface area contributed by atoms with E-state index in [1.165, 1.54) is 115 Å². The Kier molecular flexibility index (Phi) is 13.6. The smallest absolute Gasteiger partial charge is 0.249 e. The second-order valence-electron chi connectivity index (χ2n) is 29.3. The molecule has 0 aliphatic carbocycles. The predicted molar refractivity (Wildman–Crippen MR) is 407 cm³/mol. The SMILES string of the molecule is CC(C)(C)c1cc(-c2cc3c4c(c2)N(c2c(-c5cccc6oc7ccccc7c56)cc(C(C)(C)C)cc2-c2cccc5c2c2ccccc2n5-c2ccccc2)c2ccccc2B4c2cc(-c4cc(-c5ccccc5)cc(-c5ccccc5)c4)ccc2S3)cc(C(C)(C)C)c1. The summed E-state index contributed by atoms with van der Waals surface area (Å²) in [5.74, 6) is 0. The third-order valence-corrected chi connectivity index (χ3v) is 21.2. The molecule has 95 heavy (non-hydrogen) atoms. The first-order valence-corrected chi connectivity index (χ1v) is 34.3. The van der Waals surface area contributed by atoms with E-state index in [1.807, 2.05) is 11.8 Å². The number of aromatic nitrogens is 1. The van der Waals surface area contributed by atoms with Crippen LogP contribution in [0.1, 0.15) is 79.0 Å². The van der Waals surface area contributed by atoms with Crippen LogP contribution in [0.5, 0.6) is 0 Å². The van der Waals surface area contributed by atoms with Crippen molar-refractivity contribution in [1.29, 1.82) is 0 Å². The van der Waals surface area contributed by atoms with Crippen LogP contribution in [0.2, 0.25) is 0 Å². The van der Waals surface area contributed by atoms with Crippen LogP contribution in [-0.4, -0.2) is 11.3 Å². The number of fused-ring (bicyclic) bond motifs is 10. The summed E-state index contributed by atoms with van der Waals surface area (Å²) in [4.78, 5) is 5.25. The van der Waals surface area contributed by atoms with Gasteiger partial charge in [0.05, 0.1) is 16.7 Å². The number of hydrogen-bond acceptors (Lipinski definition) is 3. The lowest BCUT2D eigenvalue weighted by atomic mass is 9.34. The normalized spacial score (nSPS) is 13.0. The van der Waals surface area contributed by atoms with Crippen molar-refractivity contribution in [2.75, 3.05) is 4.90 Å². The first kappa shape index (κ1) is 58.5. The molecule has 0 amide bonds. The number of para-hydroxylation sites is 4. The number of rotatable bonds is 8. The first-order chi connectivity index (χ1) is 46.0. The third kappa shape index (κ3) is 9.88. The number of hydrogen-bond donors (Lipinski definition) is 0. The highest BCUT2D eigenvalue weighted by atomic mass is 32.2. The zero-order valence-electron chi connectivity index (χ0n) is 55.3. The monoisotopic (exact) mass is 1240 g/mol. The van der Waals surface area contributed by atoms with Gasteiger partial charge < -0.3 is 13.9 Å². The Hall–Kier alpha value is -10.3. The highest BCUT2D eigenvalue weighted by Crippen LogP contribution is 2.55. The Balaban J connectivity index is 1.000. The van der Waals surface area contributed by atoms with Gasteiger partial charge in [-0.15, -0.1) is 0 Å². The molecule has 0 bridgehead atoms. The predicted octanol–water partition coefficient (Wildman–Crippen LogP) is 23.3. The van der Waals surface area contributed by atoms with Crippen molar-refractivity contribution >= 4 is 95.7 Å². The summed E-state index contributed by atoms with van der Waals surface area (Å²) in [6, 6.07) is 105. The molecule has 0 fully saturated rings. The fraction of sp³-hybridized carbons (Fsp3) is 0.133. The molecule has 458 valence electrons. The van der Waals surface area contributed by atoms with E-state index in [4.69, 9.17) is 4.42 Å². The zero-order chi connectivity index (χ0) is 64.6. The standard InChI is InChI=1S/C90H73BN2OS/c1-88(2,3)64-48-62(49-65(53-64)89(4,5)6)63-51-79-86-83(52-63)95-82-44-43-58(61-46-59(56-27-13-10-14-28-56)45-60(47-61)57-29-15-11-16-30-57)50-75(82)91(86)74-37-21-23-39-77(74)93(79)87-72(68-35-25-40-78-84(68)70-33-19-22-38-76(70)92(78)67-31-17-12-18-32-67)54-66(90(7,8)9)55-73(87)69-36-26-42-81-85(69)71-34-20-24-41-80(71)94-81/h10-55H,1-9H3. The molecule has 0 N–H and O–H groups in total. The van der Waals surface area contributed by atoms with Gasteiger partial charge >= 0.3 is 0 Å². The molecule has 0 saturated heterocycles. The molecule has 13 aromatic carbocycles. The van der Waals surface area contributed by atoms with Crippen LogP contribution >= 0.6 is 11.8 Å². The van der Waals surface area contributed by atoms with Crippen LogP contribution in [0.3, 0.4) is 0 Å². The quantitative estimate of drug-likeness (QED) is 0.142. The Bertz CT molecular complexity index is 5490. The van der Waals surface area contributed by atoms with Crippen LogP contribution in [0.4, 0.5) is 17.1 Å². The van der Waals surface area contributed by atoms with Crippen molar-refractivity contribution in [1.82, 2.24) is 4.57 Å². The second-order valence-corrected chi connectivity index (χ2v) is 30.3. The van der Waals surface area contributed by atoms with Crippen molar-refractivity contribution in [3.05, 3.63) is 296 Å². The Labute approximate surface area is 562 Å². The van der Waals surface area contributed by atoms with Gasteiger partial charge in [-0.05, 0) is 190 Å². The van der Waals surface area contributed by atoms with Crippen molar-refractivity contribution in [3.8, 4) is 72.4 Å². The number of furan rings is 1. The molecule has 0 radical (unpaired) electrons. The molecule has 3 nitrogen and oxygen atoms in total. The molecule has 2 aliphatic heterocycles. The van der Waals surface area contributed by atoms with Gasteiger partial charge in [0, 0.05) is 59.5 Å². The van der Waals surface area contributed by atoms with E-state index in [-0.39, 0.29) is 23.0 Å². The zero-order valence-corrected chi connectivity index (χ0v) is 56.2. The summed E-state index contributed by atoms with van der Waals surface area (Å²) in [6.45, 7) is 21.1. The van der Waals surface area contributed by atoms with E-state index in [9.17, 15) is 0 Å². The van der Waals surface area contributed by atoms with Crippen LogP contribution in [0.25, 0.3) is 116 Å². The average Bonchev–Trinajstić information content (AvgIpc) is 1.18. The third-order valence-electron chi connectivity index (χ3n) is 20.1. The highest BCUT2D eigenvalue weighted by Gasteiger charge is 2.43. The lowest BCUT2D eigenvalue weighted by molar-refractivity contribution is 0.569. The summed E-state index contributed by atoms with van der Waals surface area (Å²) in [7, 11) is 0. The average molecular weight is 1240 g/mol. The molecule has 4 heterocycles. The van der Waals surface area contributed by atoms with Crippen LogP contribution in [0, 0.1) is 0 Å². The molecular formula is C90H73BN2OS. The summed E-state index contributed by atoms with van der Waals surface area (Å²) in [5, 5.41) is 4.63. The second kappa shape index (κ2) is 22.2. The van der Waals surface area contributed by atoms with E-state index < -0.39 is 0 Å². The van der Waals surface area contributed by atoms with E-state index in [0.29, 0.717) is 0 Å². The molecule has 0 atom stereocenters. The largest absolute Gasteiger partial charge is 0.456 e. The summed E-state index contributed by atoms with van der Waals surface area (Å²) in [6.07, 6.45) is 0.